The van der Waals surface area contributed by atoms with Crippen molar-refractivity contribution in [3.63, 3.8) is 0 Å². The summed E-state index contributed by atoms with van der Waals surface area (Å²) in [5, 5.41) is 14.1. The summed E-state index contributed by atoms with van der Waals surface area (Å²) in [6.07, 6.45) is 3.23. The van der Waals surface area contributed by atoms with Crippen LogP contribution in [0.4, 0.5) is 5.82 Å². The first kappa shape index (κ1) is 21.9. The Morgan fingerprint density at radius 2 is 2.00 bits per heavy atom. The molecule has 0 aliphatic carbocycles. The number of nitrogens with zero attached hydrogens (tertiary/aromatic N) is 2. The molecular weight excluding hydrogens is 409 g/mol. The molecule has 2 heterocycles. The summed E-state index contributed by atoms with van der Waals surface area (Å²) < 4.78 is 0. The van der Waals surface area contributed by atoms with Crippen LogP contribution in [0, 0.1) is 19.8 Å². The van der Waals surface area contributed by atoms with Gasteiger partial charge in [-0.15, -0.1) is 0 Å². The smallest absolute Gasteiger partial charge is 0.307 e. The third-order valence-electron chi connectivity index (χ3n) is 5.54. The fourth-order valence-corrected chi connectivity index (χ4v) is 4.15. The topological polar surface area (TPSA) is 65.5 Å². The molecule has 3 rings (SSSR count). The fourth-order valence-electron chi connectivity index (χ4n) is 3.88. The molecule has 0 bridgehead atoms. The molecule has 0 spiro atoms. The Bertz CT molecular complexity index is 881. The molecule has 5 nitrogen and oxygen atoms in total. The maximum atomic E-state index is 11.2. The second-order valence-corrected chi connectivity index (χ2v) is 8.58. The van der Waals surface area contributed by atoms with E-state index in [1.165, 1.54) is 5.56 Å². The Morgan fingerprint density at radius 1 is 1.31 bits per heavy atom. The number of carboxylic acid groups (broad SMARTS) is 1. The van der Waals surface area contributed by atoms with Gasteiger partial charge in [0, 0.05) is 24.3 Å². The van der Waals surface area contributed by atoms with Crippen LogP contribution in [0.15, 0.2) is 24.4 Å². The highest BCUT2D eigenvalue weighted by molar-refractivity contribution is 6.32. The van der Waals surface area contributed by atoms with E-state index in [0.717, 1.165) is 40.5 Å². The molecule has 1 fully saturated rings. The van der Waals surface area contributed by atoms with Crippen molar-refractivity contribution >= 4 is 35.0 Å². The van der Waals surface area contributed by atoms with Crippen molar-refractivity contribution in [2.45, 2.75) is 46.2 Å². The van der Waals surface area contributed by atoms with Gasteiger partial charge in [-0.2, -0.15) is 0 Å². The SMILES string of the molecule is CC[C@@H](Nc1cc(CN2CCC(C(=O)O)C2)c(Cl)cn1)c1cc(C)c(Cl)c(C)c1. The standard InChI is InChI=1S/C22H27Cl2N3O2/c1-4-19(16-7-13(2)21(24)14(3)8-16)26-20-9-17(18(23)10-25-20)12-27-6-5-15(11-27)22(28)29/h7-10,15,19H,4-6,11-12H2,1-3H3,(H,25,26)(H,28,29)/t15?,19-/m1/s1. The van der Waals surface area contributed by atoms with Crippen molar-refractivity contribution in [3.05, 3.63) is 56.7 Å². The number of halogens is 2. The summed E-state index contributed by atoms with van der Waals surface area (Å²) in [4.78, 5) is 17.8. The Balaban J connectivity index is 1.75. The Labute approximate surface area is 182 Å². The van der Waals surface area contributed by atoms with Crippen LogP contribution >= 0.6 is 23.2 Å². The van der Waals surface area contributed by atoms with Crippen LogP contribution in [0.1, 0.15) is 48.1 Å². The average molecular weight is 436 g/mol. The number of aryl methyl sites for hydroxylation is 2. The van der Waals surface area contributed by atoms with Crippen LogP contribution in [0.2, 0.25) is 10.0 Å². The van der Waals surface area contributed by atoms with Gasteiger partial charge in [0.05, 0.1) is 17.0 Å². The number of likely N-dealkylation sites (tertiary alicyclic amines) is 1. The molecular formula is C22H27Cl2N3O2. The van der Waals surface area contributed by atoms with Crippen molar-refractivity contribution in [2.24, 2.45) is 5.92 Å². The van der Waals surface area contributed by atoms with Gasteiger partial charge in [0.25, 0.3) is 0 Å². The molecule has 1 unspecified atom stereocenters. The molecule has 1 aliphatic rings. The number of rotatable bonds is 7. The highest BCUT2D eigenvalue weighted by atomic mass is 35.5. The molecule has 0 amide bonds. The lowest BCUT2D eigenvalue weighted by molar-refractivity contribution is -0.141. The van der Waals surface area contributed by atoms with Crippen LogP contribution in [0.3, 0.4) is 0 Å². The first-order valence-corrected chi connectivity index (χ1v) is 10.7. The minimum absolute atomic E-state index is 0.106. The molecule has 1 aromatic heterocycles. The van der Waals surface area contributed by atoms with Gasteiger partial charge in [-0.3, -0.25) is 9.69 Å². The van der Waals surface area contributed by atoms with E-state index >= 15 is 0 Å². The maximum Gasteiger partial charge on any atom is 0.307 e. The van der Waals surface area contributed by atoms with Gasteiger partial charge in [0.2, 0.25) is 0 Å². The third-order valence-corrected chi connectivity index (χ3v) is 6.48. The lowest BCUT2D eigenvalue weighted by atomic mass is 9.99. The normalized spacial score (nSPS) is 18.0. The summed E-state index contributed by atoms with van der Waals surface area (Å²) in [7, 11) is 0. The molecule has 1 aliphatic heterocycles. The Hall–Kier alpha value is -1.82. The molecule has 1 saturated heterocycles. The zero-order valence-electron chi connectivity index (χ0n) is 17.0. The molecule has 2 N–H and O–H groups in total. The first-order valence-electron chi connectivity index (χ1n) is 9.91. The van der Waals surface area contributed by atoms with Crippen LogP contribution in [-0.4, -0.2) is 34.0 Å². The second-order valence-electron chi connectivity index (χ2n) is 7.79. The highest BCUT2D eigenvalue weighted by Gasteiger charge is 2.28. The van der Waals surface area contributed by atoms with Crippen LogP contribution in [-0.2, 0) is 11.3 Å². The molecule has 0 saturated carbocycles. The molecule has 2 aromatic rings. The minimum atomic E-state index is -0.727. The van der Waals surface area contributed by atoms with Crippen molar-refractivity contribution in [1.82, 2.24) is 9.88 Å². The zero-order chi connectivity index (χ0) is 21.1. The molecule has 0 radical (unpaired) electrons. The van der Waals surface area contributed by atoms with Crippen molar-refractivity contribution in [1.29, 1.82) is 0 Å². The largest absolute Gasteiger partial charge is 0.481 e. The van der Waals surface area contributed by atoms with Gasteiger partial charge in [0.1, 0.15) is 5.82 Å². The Kier molecular flexibility index (Phi) is 7.04. The number of hydrogen-bond acceptors (Lipinski definition) is 4. The van der Waals surface area contributed by atoms with E-state index in [9.17, 15) is 9.90 Å². The second kappa shape index (κ2) is 9.33. The quantitative estimate of drug-likeness (QED) is 0.602. The summed E-state index contributed by atoms with van der Waals surface area (Å²) >= 11 is 12.7. The van der Waals surface area contributed by atoms with E-state index in [1.807, 2.05) is 19.9 Å². The van der Waals surface area contributed by atoms with Crippen LogP contribution < -0.4 is 5.32 Å². The summed E-state index contributed by atoms with van der Waals surface area (Å²) in [6.45, 7) is 8.10. The number of nitrogens with one attached hydrogen (secondary N) is 1. The maximum absolute atomic E-state index is 11.2. The van der Waals surface area contributed by atoms with Gasteiger partial charge in [-0.05, 0) is 61.6 Å². The monoisotopic (exact) mass is 435 g/mol. The number of aliphatic carboxylic acids is 1. The predicted octanol–water partition coefficient (Wildman–Crippen LogP) is 5.47. The molecule has 29 heavy (non-hydrogen) atoms. The van der Waals surface area contributed by atoms with Gasteiger partial charge in [-0.25, -0.2) is 4.98 Å². The van der Waals surface area contributed by atoms with E-state index in [-0.39, 0.29) is 12.0 Å². The predicted molar refractivity (Wildman–Crippen MR) is 118 cm³/mol. The minimum Gasteiger partial charge on any atom is -0.481 e. The third kappa shape index (κ3) is 5.21. The number of carbonyl (C=O) groups is 1. The number of hydrogen-bond donors (Lipinski definition) is 2. The fraction of sp³-hybridized carbons (Fsp3) is 0.455. The molecule has 7 heteroatoms. The Morgan fingerprint density at radius 3 is 2.59 bits per heavy atom. The van der Waals surface area contributed by atoms with E-state index in [2.05, 4.69) is 34.3 Å². The van der Waals surface area contributed by atoms with Gasteiger partial charge in [-0.1, -0.05) is 42.3 Å². The van der Waals surface area contributed by atoms with Gasteiger partial charge < -0.3 is 10.4 Å². The van der Waals surface area contributed by atoms with E-state index in [1.54, 1.807) is 6.20 Å². The molecule has 1 aromatic carbocycles. The molecule has 156 valence electrons. The zero-order valence-corrected chi connectivity index (χ0v) is 18.5. The summed E-state index contributed by atoms with van der Waals surface area (Å²) in [6, 6.07) is 6.30. The number of pyridine rings is 1. The molecule has 2 atom stereocenters. The van der Waals surface area contributed by atoms with Gasteiger partial charge >= 0.3 is 5.97 Å². The van der Waals surface area contributed by atoms with E-state index in [0.29, 0.717) is 24.5 Å². The van der Waals surface area contributed by atoms with Crippen molar-refractivity contribution in [3.8, 4) is 0 Å². The summed E-state index contributed by atoms with van der Waals surface area (Å²) in [5.74, 6) is -0.264. The number of benzene rings is 1. The highest BCUT2D eigenvalue weighted by Crippen LogP contribution is 2.30. The number of carboxylic acids is 1. The number of anilines is 1. The van der Waals surface area contributed by atoms with Crippen LogP contribution in [0.25, 0.3) is 0 Å². The first-order chi connectivity index (χ1) is 13.8. The van der Waals surface area contributed by atoms with E-state index in [4.69, 9.17) is 23.2 Å². The average Bonchev–Trinajstić information content (AvgIpc) is 3.15. The summed E-state index contributed by atoms with van der Waals surface area (Å²) in [5.41, 5.74) is 4.25. The van der Waals surface area contributed by atoms with Crippen molar-refractivity contribution in [2.75, 3.05) is 18.4 Å². The van der Waals surface area contributed by atoms with E-state index < -0.39 is 5.97 Å². The van der Waals surface area contributed by atoms with Crippen LogP contribution in [0.5, 0.6) is 0 Å². The number of aromatic nitrogens is 1. The van der Waals surface area contributed by atoms with Crippen molar-refractivity contribution < 1.29 is 9.90 Å². The van der Waals surface area contributed by atoms with Gasteiger partial charge in [0.15, 0.2) is 0 Å². The lowest BCUT2D eigenvalue weighted by Gasteiger charge is -2.21. The lowest BCUT2D eigenvalue weighted by Crippen LogP contribution is -2.23.